The summed E-state index contributed by atoms with van der Waals surface area (Å²) >= 11 is 1.31. The van der Waals surface area contributed by atoms with E-state index in [1.807, 2.05) is 60.7 Å². The SMILES string of the molecule is CCc1ccc(N=C2NC(=O)/C(=C/c3ccc(OCc4cccc(C(=O)O)c4)cc3)S2)cc1. The molecule has 1 aliphatic rings. The zero-order chi connectivity index (χ0) is 23.2. The Balaban J connectivity index is 1.39. The fraction of sp³-hybridized carbons (Fsp3) is 0.115. The normalized spacial score (nSPS) is 15.6. The molecule has 0 saturated carbocycles. The van der Waals surface area contributed by atoms with Crippen LogP contribution in [0.15, 0.2) is 82.7 Å². The van der Waals surface area contributed by atoms with Gasteiger partial charge in [-0.1, -0.05) is 43.3 Å². The summed E-state index contributed by atoms with van der Waals surface area (Å²) in [5.74, 6) is -0.493. The second-order valence-corrected chi connectivity index (χ2v) is 8.40. The number of carbonyl (C=O) groups excluding carboxylic acids is 1. The Morgan fingerprint density at radius 2 is 1.82 bits per heavy atom. The maximum Gasteiger partial charge on any atom is 0.335 e. The summed E-state index contributed by atoms with van der Waals surface area (Å²) in [5, 5.41) is 12.4. The molecule has 3 aromatic rings. The number of ether oxygens (including phenoxy) is 1. The summed E-state index contributed by atoms with van der Waals surface area (Å²) in [6, 6.07) is 22.0. The monoisotopic (exact) mass is 458 g/mol. The quantitative estimate of drug-likeness (QED) is 0.462. The number of rotatable bonds is 7. The molecular formula is C26H22N2O4S. The molecule has 0 aliphatic carbocycles. The molecule has 0 unspecified atom stereocenters. The van der Waals surface area contributed by atoms with Crippen molar-refractivity contribution < 1.29 is 19.4 Å². The molecule has 1 aliphatic heterocycles. The molecule has 1 amide bonds. The van der Waals surface area contributed by atoms with Crippen LogP contribution in [0.1, 0.15) is 34.0 Å². The maximum atomic E-state index is 12.3. The van der Waals surface area contributed by atoms with Gasteiger partial charge in [-0.15, -0.1) is 0 Å². The third kappa shape index (κ3) is 5.90. The average molecular weight is 459 g/mol. The summed E-state index contributed by atoms with van der Waals surface area (Å²) in [7, 11) is 0. The third-order valence-corrected chi connectivity index (χ3v) is 5.89. The number of nitrogens with zero attached hydrogens (tertiary/aromatic N) is 1. The minimum atomic E-state index is -0.967. The summed E-state index contributed by atoms with van der Waals surface area (Å²) in [5.41, 5.74) is 3.90. The zero-order valence-electron chi connectivity index (χ0n) is 17.9. The Morgan fingerprint density at radius 3 is 2.52 bits per heavy atom. The lowest BCUT2D eigenvalue weighted by atomic mass is 10.1. The van der Waals surface area contributed by atoms with Crippen LogP contribution in [0.5, 0.6) is 5.75 Å². The minimum absolute atomic E-state index is 0.178. The second-order valence-electron chi connectivity index (χ2n) is 7.36. The largest absolute Gasteiger partial charge is 0.489 e. The third-order valence-electron chi connectivity index (χ3n) is 4.98. The number of aliphatic imine (C=N–C) groups is 1. The van der Waals surface area contributed by atoms with E-state index in [1.165, 1.54) is 17.3 Å². The van der Waals surface area contributed by atoms with Crippen LogP contribution in [0.3, 0.4) is 0 Å². The van der Waals surface area contributed by atoms with Gasteiger partial charge in [-0.05, 0) is 77.3 Å². The highest BCUT2D eigenvalue weighted by molar-refractivity contribution is 8.18. The van der Waals surface area contributed by atoms with E-state index in [4.69, 9.17) is 9.84 Å². The first-order valence-corrected chi connectivity index (χ1v) is 11.3. The fourth-order valence-corrected chi connectivity index (χ4v) is 4.02. The van der Waals surface area contributed by atoms with Gasteiger partial charge in [0.1, 0.15) is 12.4 Å². The van der Waals surface area contributed by atoms with Gasteiger partial charge in [0.2, 0.25) is 0 Å². The van der Waals surface area contributed by atoms with Gasteiger partial charge in [0.15, 0.2) is 5.17 Å². The maximum absolute atomic E-state index is 12.3. The molecule has 6 nitrogen and oxygen atoms in total. The Kier molecular flexibility index (Phi) is 6.90. The van der Waals surface area contributed by atoms with Crippen molar-refractivity contribution in [2.75, 3.05) is 0 Å². The van der Waals surface area contributed by atoms with E-state index in [-0.39, 0.29) is 18.1 Å². The van der Waals surface area contributed by atoms with Crippen LogP contribution in [0.25, 0.3) is 6.08 Å². The van der Waals surface area contributed by atoms with Crippen molar-refractivity contribution in [2.24, 2.45) is 4.99 Å². The van der Waals surface area contributed by atoms with E-state index >= 15 is 0 Å². The van der Waals surface area contributed by atoms with Crippen molar-refractivity contribution in [3.63, 3.8) is 0 Å². The number of nitrogens with one attached hydrogen (secondary N) is 1. The highest BCUT2D eigenvalue weighted by Gasteiger charge is 2.23. The van der Waals surface area contributed by atoms with E-state index in [0.29, 0.717) is 15.8 Å². The Hall–Kier alpha value is -3.84. The molecule has 0 bridgehead atoms. The molecule has 0 atom stereocenters. The van der Waals surface area contributed by atoms with Crippen molar-refractivity contribution in [3.8, 4) is 5.75 Å². The standard InChI is InChI=1S/C26H22N2O4S/c1-2-17-6-10-21(11-7-17)27-26-28-24(29)23(33-26)15-18-8-12-22(13-9-18)32-16-19-4-3-5-20(14-19)25(30)31/h3-15H,2,16H2,1H3,(H,30,31)(H,27,28,29)/b23-15-. The lowest BCUT2D eigenvalue weighted by Gasteiger charge is -2.07. The van der Waals surface area contributed by atoms with Gasteiger partial charge in [-0.25, -0.2) is 9.79 Å². The molecule has 0 radical (unpaired) electrons. The first-order chi connectivity index (χ1) is 16.0. The number of benzene rings is 3. The molecule has 0 spiro atoms. The van der Waals surface area contributed by atoms with E-state index in [1.54, 1.807) is 18.2 Å². The first-order valence-electron chi connectivity index (χ1n) is 10.4. The number of carboxylic acid groups (broad SMARTS) is 1. The first kappa shape index (κ1) is 22.4. The number of aryl methyl sites for hydroxylation is 1. The van der Waals surface area contributed by atoms with Gasteiger partial charge < -0.3 is 15.2 Å². The van der Waals surface area contributed by atoms with Crippen LogP contribution < -0.4 is 10.1 Å². The molecule has 0 aromatic heterocycles. The Morgan fingerprint density at radius 1 is 1.06 bits per heavy atom. The van der Waals surface area contributed by atoms with Crippen molar-refractivity contribution in [3.05, 3.63) is 100.0 Å². The molecule has 1 heterocycles. The lowest BCUT2D eigenvalue weighted by Crippen LogP contribution is -2.19. The highest BCUT2D eigenvalue weighted by atomic mass is 32.2. The lowest BCUT2D eigenvalue weighted by molar-refractivity contribution is -0.115. The van der Waals surface area contributed by atoms with E-state index in [0.717, 1.165) is 23.2 Å². The minimum Gasteiger partial charge on any atom is -0.489 e. The van der Waals surface area contributed by atoms with Crippen LogP contribution in [0.2, 0.25) is 0 Å². The number of carbonyl (C=O) groups is 2. The molecule has 1 fully saturated rings. The Labute approximate surface area is 196 Å². The number of amidine groups is 1. The van der Waals surface area contributed by atoms with Gasteiger partial charge in [-0.2, -0.15) is 0 Å². The highest BCUT2D eigenvalue weighted by Crippen LogP contribution is 2.28. The summed E-state index contributed by atoms with van der Waals surface area (Å²) in [4.78, 5) is 28.5. The summed E-state index contributed by atoms with van der Waals surface area (Å²) in [6.45, 7) is 2.36. The van der Waals surface area contributed by atoms with Crippen LogP contribution >= 0.6 is 11.8 Å². The molecule has 166 valence electrons. The van der Waals surface area contributed by atoms with Gasteiger partial charge >= 0.3 is 5.97 Å². The number of hydrogen-bond donors (Lipinski definition) is 2. The fourth-order valence-electron chi connectivity index (χ4n) is 3.18. The van der Waals surface area contributed by atoms with Crippen molar-refractivity contribution in [2.45, 2.75) is 20.0 Å². The smallest absolute Gasteiger partial charge is 0.335 e. The number of thioether (sulfide) groups is 1. The number of hydrogen-bond acceptors (Lipinski definition) is 5. The van der Waals surface area contributed by atoms with Crippen LogP contribution in [0.4, 0.5) is 5.69 Å². The summed E-state index contributed by atoms with van der Waals surface area (Å²) < 4.78 is 5.76. The van der Waals surface area contributed by atoms with E-state index < -0.39 is 5.97 Å². The summed E-state index contributed by atoms with van der Waals surface area (Å²) in [6.07, 6.45) is 2.78. The van der Waals surface area contributed by atoms with E-state index in [9.17, 15) is 9.59 Å². The predicted octanol–water partition coefficient (Wildman–Crippen LogP) is 5.42. The molecule has 1 saturated heterocycles. The van der Waals surface area contributed by atoms with Crippen LogP contribution in [0, 0.1) is 0 Å². The van der Waals surface area contributed by atoms with Crippen molar-refractivity contribution in [1.29, 1.82) is 0 Å². The zero-order valence-corrected chi connectivity index (χ0v) is 18.8. The van der Waals surface area contributed by atoms with Crippen LogP contribution in [-0.4, -0.2) is 22.2 Å². The average Bonchev–Trinajstić information content (AvgIpc) is 3.17. The van der Waals surface area contributed by atoms with Gasteiger partial charge in [0.25, 0.3) is 5.91 Å². The topological polar surface area (TPSA) is 88.0 Å². The van der Waals surface area contributed by atoms with Gasteiger partial charge in [0, 0.05) is 0 Å². The van der Waals surface area contributed by atoms with Gasteiger partial charge in [-0.3, -0.25) is 4.79 Å². The molecular weight excluding hydrogens is 436 g/mol. The van der Waals surface area contributed by atoms with Crippen molar-refractivity contribution >= 4 is 40.6 Å². The second kappa shape index (κ2) is 10.2. The number of amides is 1. The number of carboxylic acids is 1. The predicted molar refractivity (Wildman–Crippen MR) is 131 cm³/mol. The molecule has 4 rings (SSSR count). The van der Waals surface area contributed by atoms with Crippen LogP contribution in [-0.2, 0) is 17.8 Å². The molecule has 3 aromatic carbocycles. The molecule has 2 N–H and O–H groups in total. The molecule has 7 heteroatoms. The molecule has 33 heavy (non-hydrogen) atoms. The Bertz CT molecular complexity index is 1230. The number of aromatic carboxylic acids is 1. The van der Waals surface area contributed by atoms with Crippen molar-refractivity contribution in [1.82, 2.24) is 5.32 Å². The van der Waals surface area contributed by atoms with Gasteiger partial charge in [0.05, 0.1) is 16.2 Å². The van der Waals surface area contributed by atoms with E-state index in [2.05, 4.69) is 17.2 Å².